The van der Waals surface area contributed by atoms with Gasteiger partial charge in [-0.25, -0.2) is 4.98 Å². The Bertz CT molecular complexity index is 651. The number of rotatable bonds is 4. The number of aryl methyl sites for hydroxylation is 1. The van der Waals surface area contributed by atoms with Gasteiger partial charge in [0.25, 0.3) is 5.91 Å². The van der Waals surface area contributed by atoms with Gasteiger partial charge in [-0.1, -0.05) is 0 Å². The van der Waals surface area contributed by atoms with Crippen LogP contribution in [0.15, 0.2) is 23.6 Å². The van der Waals surface area contributed by atoms with Crippen molar-refractivity contribution in [2.45, 2.75) is 19.9 Å². The second-order valence-corrected chi connectivity index (χ2v) is 6.08. The molecule has 1 atom stereocenters. The Kier molecular flexibility index (Phi) is 4.47. The highest BCUT2D eigenvalue weighted by Gasteiger charge is 2.17. The molecule has 5 nitrogen and oxygen atoms in total. The van der Waals surface area contributed by atoms with Crippen LogP contribution in [0.4, 0.5) is 11.4 Å². The highest BCUT2D eigenvalue weighted by molar-refractivity contribution is 7.09. The highest BCUT2D eigenvalue weighted by Crippen LogP contribution is 2.23. The Morgan fingerprint density at radius 3 is 2.71 bits per heavy atom. The van der Waals surface area contributed by atoms with E-state index in [1.807, 2.05) is 44.3 Å². The lowest BCUT2D eigenvalue weighted by atomic mass is 10.1. The number of hydrogen-bond donors (Lipinski definition) is 2. The molecule has 0 fully saturated rings. The molecule has 0 bridgehead atoms. The second-order valence-electron chi connectivity index (χ2n) is 5.19. The molecular weight excluding hydrogens is 284 g/mol. The fourth-order valence-corrected chi connectivity index (χ4v) is 2.84. The van der Waals surface area contributed by atoms with Crippen LogP contribution in [0, 0.1) is 6.92 Å². The summed E-state index contributed by atoms with van der Waals surface area (Å²) in [4.78, 5) is 18.8. The first-order valence-corrected chi connectivity index (χ1v) is 7.56. The average Bonchev–Trinajstić information content (AvgIpc) is 2.85. The summed E-state index contributed by atoms with van der Waals surface area (Å²) >= 11 is 1.55. The molecule has 1 aromatic heterocycles. The van der Waals surface area contributed by atoms with Crippen LogP contribution in [-0.2, 0) is 0 Å². The SMILES string of the molecule is Cc1csc(C(C)NC(=O)c2cc(N)ccc2N(C)C)n1. The number of benzene rings is 1. The van der Waals surface area contributed by atoms with E-state index in [0.29, 0.717) is 11.3 Å². The number of carbonyl (C=O) groups excluding carboxylic acids is 1. The van der Waals surface area contributed by atoms with Crippen molar-refractivity contribution in [1.82, 2.24) is 10.3 Å². The van der Waals surface area contributed by atoms with Crippen LogP contribution in [0.1, 0.15) is 34.0 Å². The zero-order valence-corrected chi connectivity index (χ0v) is 13.5. The fourth-order valence-electron chi connectivity index (χ4n) is 2.03. The molecule has 1 unspecified atom stereocenters. The fraction of sp³-hybridized carbons (Fsp3) is 0.333. The Balaban J connectivity index is 2.22. The molecule has 1 amide bonds. The first-order chi connectivity index (χ1) is 9.88. The third kappa shape index (κ3) is 3.52. The van der Waals surface area contributed by atoms with Gasteiger partial charge in [-0.2, -0.15) is 0 Å². The Hall–Kier alpha value is -2.08. The molecule has 112 valence electrons. The van der Waals surface area contributed by atoms with Gasteiger partial charge in [-0.05, 0) is 32.0 Å². The van der Waals surface area contributed by atoms with Crippen LogP contribution < -0.4 is 16.0 Å². The topological polar surface area (TPSA) is 71.2 Å². The minimum Gasteiger partial charge on any atom is -0.399 e. The number of nitrogens with one attached hydrogen (secondary N) is 1. The van der Waals surface area contributed by atoms with Crippen LogP contribution in [0.2, 0.25) is 0 Å². The molecule has 0 aliphatic carbocycles. The lowest BCUT2D eigenvalue weighted by Crippen LogP contribution is -2.28. The standard InChI is InChI=1S/C15H20N4OS/c1-9-8-21-15(17-9)10(2)18-14(20)12-7-11(16)5-6-13(12)19(3)4/h5-8,10H,16H2,1-4H3,(H,18,20). The van der Waals surface area contributed by atoms with Crippen molar-refractivity contribution in [3.05, 3.63) is 39.8 Å². The van der Waals surface area contributed by atoms with Gasteiger partial charge in [-0.3, -0.25) is 4.79 Å². The predicted octanol–water partition coefficient (Wildman–Crippen LogP) is 2.59. The lowest BCUT2D eigenvalue weighted by molar-refractivity contribution is 0.0940. The maximum Gasteiger partial charge on any atom is 0.254 e. The summed E-state index contributed by atoms with van der Waals surface area (Å²) in [7, 11) is 3.80. The molecule has 0 spiro atoms. The average molecular weight is 304 g/mol. The van der Waals surface area contributed by atoms with E-state index >= 15 is 0 Å². The maximum atomic E-state index is 12.5. The van der Waals surface area contributed by atoms with E-state index in [9.17, 15) is 4.79 Å². The summed E-state index contributed by atoms with van der Waals surface area (Å²) in [5, 5.41) is 5.85. The number of amides is 1. The van der Waals surface area contributed by atoms with Crippen molar-refractivity contribution in [2.75, 3.05) is 24.7 Å². The summed E-state index contributed by atoms with van der Waals surface area (Å²) in [5.74, 6) is -0.147. The predicted molar refractivity (Wildman–Crippen MR) is 87.9 cm³/mol. The van der Waals surface area contributed by atoms with Crippen LogP contribution in [-0.4, -0.2) is 25.0 Å². The number of nitrogens with two attached hydrogens (primary N) is 1. The first kappa shape index (κ1) is 15.3. The lowest BCUT2D eigenvalue weighted by Gasteiger charge is -2.19. The number of carbonyl (C=O) groups is 1. The van der Waals surface area contributed by atoms with Crippen LogP contribution >= 0.6 is 11.3 Å². The van der Waals surface area contributed by atoms with Crippen LogP contribution in [0.3, 0.4) is 0 Å². The van der Waals surface area contributed by atoms with Gasteiger partial charge < -0.3 is 16.0 Å². The van der Waals surface area contributed by atoms with E-state index in [4.69, 9.17) is 5.73 Å². The molecule has 0 saturated carbocycles. The molecule has 6 heteroatoms. The highest BCUT2D eigenvalue weighted by atomic mass is 32.1. The minimum atomic E-state index is -0.147. The summed E-state index contributed by atoms with van der Waals surface area (Å²) in [5.41, 5.74) is 8.75. The smallest absolute Gasteiger partial charge is 0.254 e. The van der Waals surface area contributed by atoms with Crippen LogP contribution in [0.25, 0.3) is 0 Å². The molecule has 0 aliphatic heterocycles. The largest absolute Gasteiger partial charge is 0.399 e. The Morgan fingerprint density at radius 1 is 1.43 bits per heavy atom. The zero-order valence-electron chi connectivity index (χ0n) is 12.7. The van der Waals surface area contributed by atoms with E-state index in [-0.39, 0.29) is 11.9 Å². The van der Waals surface area contributed by atoms with Gasteiger partial charge >= 0.3 is 0 Å². The van der Waals surface area contributed by atoms with Crippen molar-refractivity contribution >= 4 is 28.6 Å². The number of anilines is 2. The van der Waals surface area contributed by atoms with E-state index in [2.05, 4.69) is 10.3 Å². The molecule has 0 saturated heterocycles. The van der Waals surface area contributed by atoms with Gasteiger partial charge in [0.1, 0.15) is 5.01 Å². The van der Waals surface area contributed by atoms with Crippen molar-refractivity contribution < 1.29 is 4.79 Å². The molecule has 2 aromatic rings. The maximum absolute atomic E-state index is 12.5. The molecule has 0 radical (unpaired) electrons. The van der Waals surface area contributed by atoms with Crippen molar-refractivity contribution in [2.24, 2.45) is 0 Å². The van der Waals surface area contributed by atoms with Gasteiger partial charge in [-0.15, -0.1) is 11.3 Å². The van der Waals surface area contributed by atoms with E-state index in [1.165, 1.54) is 0 Å². The van der Waals surface area contributed by atoms with Crippen molar-refractivity contribution in [3.8, 4) is 0 Å². The number of aromatic nitrogens is 1. The molecule has 1 heterocycles. The summed E-state index contributed by atoms with van der Waals surface area (Å²) < 4.78 is 0. The van der Waals surface area contributed by atoms with Gasteiger partial charge in [0.05, 0.1) is 11.6 Å². The monoisotopic (exact) mass is 304 g/mol. The third-order valence-electron chi connectivity index (χ3n) is 3.10. The number of thiazole rings is 1. The molecule has 2 rings (SSSR count). The Labute approximate surface area is 128 Å². The Morgan fingerprint density at radius 2 is 2.14 bits per heavy atom. The molecule has 1 aromatic carbocycles. The molecule has 3 N–H and O–H groups in total. The zero-order chi connectivity index (χ0) is 15.6. The number of nitrogen functional groups attached to an aromatic ring is 1. The number of hydrogen-bond acceptors (Lipinski definition) is 5. The third-order valence-corrected chi connectivity index (χ3v) is 4.25. The quantitative estimate of drug-likeness (QED) is 0.852. The van der Waals surface area contributed by atoms with E-state index in [1.54, 1.807) is 23.5 Å². The first-order valence-electron chi connectivity index (χ1n) is 6.68. The van der Waals surface area contributed by atoms with Gasteiger partial charge in [0.2, 0.25) is 0 Å². The van der Waals surface area contributed by atoms with Gasteiger partial charge in [0.15, 0.2) is 0 Å². The summed E-state index contributed by atoms with van der Waals surface area (Å²) in [6.45, 7) is 3.87. The van der Waals surface area contributed by atoms with Crippen molar-refractivity contribution in [1.29, 1.82) is 0 Å². The van der Waals surface area contributed by atoms with E-state index in [0.717, 1.165) is 16.4 Å². The minimum absolute atomic E-state index is 0.132. The van der Waals surface area contributed by atoms with Crippen LogP contribution in [0.5, 0.6) is 0 Å². The second kappa shape index (κ2) is 6.13. The van der Waals surface area contributed by atoms with E-state index < -0.39 is 0 Å². The van der Waals surface area contributed by atoms with Gasteiger partial charge in [0, 0.05) is 36.5 Å². The molecule has 0 aliphatic rings. The summed E-state index contributed by atoms with van der Waals surface area (Å²) in [6.07, 6.45) is 0. The number of nitrogens with zero attached hydrogens (tertiary/aromatic N) is 2. The van der Waals surface area contributed by atoms with Crippen molar-refractivity contribution in [3.63, 3.8) is 0 Å². The molecule has 21 heavy (non-hydrogen) atoms. The summed E-state index contributed by atoms with van der Waals surface area (Å²) in [6, 6.07) is 5.21. The normalized spacial score (nSPS) is 12.0. The molecular formula is C15H20N4OS.